The van der Waals surface area contributed by atoms with E-state index in [1.807, 2.05) is 24.3 Å². The number of hydrogen-bond acceptors (Lipinski definition) is 4. The van der Waals surface area contributed by atoms with Gasteiger partial charge in [-0.1, -0.05) is 18.2 Å². The molecule has 3 rings (SSSR count). The highest BCUT2D eigenvalue weighted by Crippen LogP contribution is 2.21. The van der Waals surface area contributed by atoms with Crippen molar-refractivity contribution in [3.63, 3.8) is 0 Å². The fourth-order valence-electron chi connectivity index (χ4n) is 2.38. The molecule has 0 saturated carbocycles. The molecule has 0 saturated heterocycles. The lowest BCUT2D eigenvalue weighted by atomic mass is 9.99. The Hall–Kier alpha value is -2.56. The zero-order valence-corrected chi connectivity index (χ0v) is 10.8. The topological polar surface area (TPSA) is 74.2 Å². The largest absolute Gasteiger partial charge is 0.505 e. The van der Waals surface area contributed by atoms with Gasteiger partial charge in [-0.05, 0) is 24.1 Å². The number of anilines is 1. The molecule has 20 heavy (non-hydrogen) atoms. The highest BCUT2D eigenvalue weighted by atomic mass is 16.3. The lowest BCUT2D eigenvalue weighted by Crippen LogP contribution is -2.43. The van der Waals surface area contributed by atoms with Crippen LogP contribution in [0.5, 0.6) is 5.75 Å². The van der Waals surface area contributed by atoms with Gasteiger partial charge in [0.15, 0.2) is 0 Å². The van der Waals surface area contributed by atoms with E-state index < -0.39 is 0 Å². The minimum Gasteiger partial charge on any atom is -0.505 e. The van der Waals surface area contributed by atoms with Crippen LogP contribution in [0.3, 0.4) is 0 Å². The summed E-state index contributed by atoms with van der Waals surface area (Å²) in [7, 11) is 0. The maximum Gasteiger partial charge on any atom is 0.255 e. The monoisotopic (exact) mass is 269 g/mol. The molecule has 0 bridgehead atoms. The molecule has 1 aromatic heterocycles. The summed E-state index contributed by atoms with van der Waals surface area (Å²) in [6.07, 6.45) is 3.53. The molecule has 0 radical (unpaired) electrons. The van der Waals surface area contributed by atoms with Crippen LogP contribution < -0.4 is 10.6 Å². The van der Waals surface area contributed by atoms with Gasteiger partial charge in [-0.25, -0.2) is 0 Å². The first-order chi connectivity index (χ1) is 9.74. The minimum atomic E-state index is -0.281. The van der Waals surface area contributed by atoms with Crippen molar-refractivity contribution in [2.45, 2.75) is 12.5 Å². The second kappa shape index (κ2) is 5.21. The van der Waals surface area contributed by atoms with Gasteiger partial charge in [-0.3, -0.25) is 9.78 Å². The molecule has 1 aromatic carbocycles. The van der Waals surface area contributed by atoms with Crippen LogP contribution in [0.25, 0.3) is 0 Å². The van der Waals surface area contributed by atoms with E-state index >= 15 is 0 Å². The molecule has 0 aliphatic carbocycles. The Bertz CT molecular complexity index is 643. The number of pyridine rings is 1. The fourth-order valence-corrected chi connectivity index (χ4v) is 2.38. The molecule has 102 valence electrons. The molecule has 2 heterocycles. The molecule has 1 atom stereocenters. The van der Waals surface area contributed by atoms with Gasteiger partial charge in [0.05, 0.1) is 17.8 Å². The van der Waals surface area contributed by atoms with Gasteiger partial charge in [0.2, 0.25) is 0 Å². The number of carbonyl (C=O) groups is 1. The number of para-hydroxylation sites is 1. The number of rotatable bonds is 2. The van der Waals surface area contributed by atoms with Gasteiger partial charge in [0.1, 0.15) is 5.75 Å². The molecular weight excluding hydrogens is 254 g/mol. The van der Waals surface area contributed by atoms with E-state index in [0.29, 0.717) is 6.54 Å². The van der Waals surface area contributed by atoms with E-state index in [0.717, 1.165) is 12.1 Å². The van der Waals surface area contributed by atoms with Crippen molar-refractivity contribution in [3.05, 3.63) is 53.9 Å². The minimum absolute atomic E-state index is 0.00460. The average molecular weight is 269 g/mol. The van der Waals surface area contributed by atoms with Crippen LogP contribution in [0.15, 0.2) is 42.7 Å². The van der Waals surface area contributed by atoms with Crippen LogP contribution >= 0.6 is 0 Å². The Morgan fingerprint density at radius 2 is 2.20 bits per heavy atom. The van der Waals surface area contributed by atoms with E-state index in [1.165, 1.54) is 24.0 Å². The zero-order valence-electron chi connectivity index (χ0n) is 10.8. The van der Waals surface area contributed by atoms with Crippen LogP contribution in [0.4, 0.5) is 5.69 Å². The standard InChI is InChI=1S/C15H15N3O2/c19-14-9-16-6-5-12(14)15(20)18-11-7-10-3-1-2-4-13(10)17-8-11/h1-6,9,11,17,19H,7-8H2,(H,18,20). The molecule has 0 spiro atoms. The van der Waals surface area contributed by atoms with E-state index in [2.05, 4.69) is 15.6 Å². The number of amides is 1. The maximum atomic E-state index is 12.1. The first-order valence-corrected chi connectivity index (χ1v) is 6.49. The number of nitrogens with one attached hydrogen (secondary N) is 2. The summed E-state index contributed by atoms with van der Waals surface area (Å²) in [6.45, 7) is 0.675. The summed E-state index contributed by atoms with van der Waals surface area (Å²) in [5, 5.41) is 15.9. The van der Waals surface area contributed by atoms with E-state index in [9.17, 15) is 9.90 Å². The Labute approximate surface area is 116 Å². The van der Waals surface area contributed by atoms with Crippen molar-refractivity contribution in [2.75, 3.05) is 11.9 Å². The van der Waals surface area contributed by atoms with Crippen LogP contribution in [0, 0.1) is 0 Å². The number of aromatic hydroxyl groups is 1. The van der Waals surface area contributed by atoms with Gasteiger partial charge in [0.25, 0.3) is 5.91 Å². The van der Waals surface area contributed by atoms with Crippen LogP contribution in [0.1, 0.15) is 15.9 Å². The molecular formula is C15H15N3O2. The van der Waals surface area contributed by atoms with Gasteiger partial charge in [-0.2, -0.15) is 0 Å². The van der Waals surface area contributed by atoms with Gasteiger partial charge >= 0.3 is 0 Å². The van der Waals surface area contributed by atoms with Crippen molar-refractivity contribution < 1.29 is 9.90 Å². The van der Waals surface area contributed by atoms with E-state index in [1.54, 1.807) is 0 Å². The summed E-state index contributed by atoms with van der Waals surface area (Å²) >= 11 is 0. The number of aromatic nitrogens is 1. The van der Waals surface area contributed by atoms with Crippen molar-refractivity contribution in [1.82, 2.24) is 10.3 Å². The smallest absolute Gasteiger partial charge is 0.255 e. The number of fused-ring (bicyclic) bond motifs is 1. The summed E-state index contributed by atoms with van der Waals surface area (Å²) in [4.78, 5) is 15.9. The Kier molecular flexibility index (Phi) is 3.25. The zero-order chi connectivity index (χ0) is 13.9. The first kappa shape index (κ1) is 12.5. The normalized spacial score (nSPS) is 16.9. The first-order valence-electron chi connectivity index (χ1n) is 6.49. The third-order valence-electron chi connectivity index (χ3n) is 3.40. The predicted molar refractivity (Wildman–Crippen MR) is 75.8 cm³/mol. The lowest BCUT2D eigenvalue weighted by Gasteiger charge is -2.27. The molecule has 5 heteroatoms. The second-order valence-electron chi connectivity index (χ2n) is 4.81. The molecule has 0 fully saturated rings. The number of nitrogens with zero attached hydrogens (tertiary/aromatic N) is 1. The Morgan fingerprint density at radius 3 is 3.05 bits per heavy atom. The van der Waals surface area contributed by atoms with Gasteiger partial charge < -0.3 is 15.7 Å². The highest BCUT2D eigenvalue weighted by Gasteiger charge is 2.21. The third kappa shape index (κ3) is 2.42. The van der Waals surface area contributed by atoms with Crippen molar-refractivity contribution in [1.29, 1.82) is 0 Å². The van der Waals surface area contributed by atoms with Gasteiger partial charge in [0, 0.05) is 18.4 Å². The molecule has 1 aliphatic heterocycles. The van der Waals surface area contributed by atoms with Crippen molar-refractivity contribution in [3.8, 4) is 5.75 Å². The summed E-state index contributed by atoms with van der Waals surface area (Å²) < 4.78 is 0. The van der Waals surface area contributed by atoms with Gasteiger partial charge in [-0.15, -0.1) is 0 Å². The van der Waals surface area contributed by atoms with E-state index in [4.69, 9.17) is 0 Å². The molecule has 2 aromatic rings. The maximum absolute atomic E-state index is 12.1. The molecule has 1 unspecified atom stereocenters. The van der Waals surface area contributed by atoms with Crippen LogP contribution in [-0.2, 0) is 6.42 Å². The Morgan fingerprint density at radius 1 is 1.35 bits per heavy atom. The number of hydrogen-bond donors (Lipinski definition) is 3. The summed E-state index contributed by atoms with van der Waals surface area (Å²) in [6, 6.07) is 9.56. The Balaban J connectivity index is 1.71. The molecule has 1 amide bonds. The lowest BCUT2D eigenvalue weighted by molar-refractivity contribution is 0.0935. The van der Waals surface area contributed by atoms with Crippen molar-refractivity contribution in [2.24, 2.45) is 0 Å². The number of carbonyl (C=O) groups excluding carboxylic acids is 1. The third-order valence-corrected chi connectivity index (χ3v) is 3.40. The van der Waals surface area contributed by atoms with Crippen LogP contribution in [-0.4, -0.2) is 28.6 Å². The van der Waals surface area contributed by atoms with Crippen molar-refractivity contribution >= 4 is 11.6 Å². The SMILES string of the molecule is O=C(NC1CNc2ccccc2C1)c1ccncc1O. The molecule has 5 nitrogen and oxygen atoms in total. The summed E-state index contributed by atoms with van der Waals surface area (Å²) in [5.74, 6) is -0.384. The molecule has 1 aliphatic rings. The highest BCUT2D eigenvalue weighted by molar-refractivity contribution is 5.96. The summed E-state index contributed by atoms with van der Waals surface area (Å²) in [5.41, 5.74) is 2.55. The predicted octanol–water partition coefficient (Wildman–Crippen LogP) is 1.55. The molecule has 3 N–H and O–H groups in total. The average Bonchev–Trinajstić information content (AvgIpc) is 2.47. The second-order valence-corrected chi connectivity index (χ2v) is 4.81. The van der Waals surface area contributed by atoms with E-state index in [-0.39, 0.29) is 23.3 Å². The quantitative estimate of drug-likeness (QED) is 0.773. The van der Waals surface area contributed by atoms with Crippen LogP contribution in [0.2, 0.25) is 0 Å². The fraction of sp³-hybridized carbons (Fsp3) is 0.200. The number of benzene rings is 1.